The van der Waals surface area contributed by atoms with Crippen molar-refractivity contribution in [2.45, 2.75) is 58.6 Å². The minimum atomic E-state index is -0.710. The van der Waals surface area contributed by atoms with Crippen LogP contribution in [0.15, 0.2) is 36.5 Å². The number of nitrogens with zero attached hydrogens (tertiary/aromatic N) is 7. The summed E-state index contributed by atoms with van der Waals surface area (Å²) in [5.41, 5.74) is 1.75. The van der Waals surface area contributed by atoms with E-state index in [1.54, 1.807) is 32.4 Å². The first-order valence-corrected chi connectivity index (χ1v) is 12.3. The Kier molecular flexibility index (Phi) is 6.17. The third-order valence-corrected chi connectivity index (χ3v) is 6.22. The van der Waals surface area contributed by atoms with Crippen LogP contribution in [-0.2, 0) is 4.74 Å². The van der Waals surface area contributed by atoms with Crippen molar-refractivity contribution in [1.82, 2.24) is 34.5 Å². The maximum absolute atomic E-state index is 15.1. The highest BCUT2D eigenvalue weighted by Gasteiger charge is 2.33. The summed E-state index contributed by atoms with van der Waals surface area (Å²) in [6, 6.07) is 6.81. The topological polar surface area (TPSA) is 90.4 Å². The predicted octanol–water partition coefficient (Wildman–Crippen LogP) is 5.24. The number of carbonyl (C=O) groups is 1. The fourth-order valence-electron chi connectivity index (χ4n) is 4.52. The number of carbonyl (C=O) groups excluding carboxylic acids is 1. The number of aromatic nitrogens is 6. The van der Waals surface area contributed by atoms with Crippen molar-refractivity contribution >= 4 is 11.7 Å². The Morgan fingerprint density at radius 1 is 1.11 bits per heavy atom. The molecule has 1 saturated heterocycles. The van der Waals surface area contributed by atoms with Crippen molar-refractivity contribution in [3.63, 3.8) is 0 Å². The third-order valence-electron chi connectivity index (χ3n) is 6.22. The van der Waals surface area contributed by atoms with E-state index in [1.165, 1.54) is 12.1 Å². The summed E-state index contributed by atoms with van der Waals surface area (Å²) in [6.07, 6.45) is 1.82. The first-order chi connectivity index (χ1) is 17.5. The van der Waals surface area contributed by atoms with E-state index in [1.807, 2.05) is 34.6 Å². The van der Waals surface area contributed by atoms with Crippen LogP contribution in [0.3, 0.4) is 0 Å². The molecule has 1 unspecified atom stereocenters. The van der Waals surface area contributed by atoms with Gasteiger partial charge in [-0.25, -0.2) is 13.6 Å². The zero-order valence-corrected chi connectivity index (χ0v) is 21.4. The van der Waals surface area contributed by atoms with Gasteiger partial charge in [0.1, 0.15) is 17.2 Å². The summed E-state index contributed by atoms with van der Waals surface area (Å²) >= 11 is 0. The van der Waals surface area contributed by atoms with Crippen LogP contribution in [0, 0.1) is 11.6 Å². The van der Waals surface area contributed by atoms with E-state index in [2.05, 4.69) is 15.3 Å². The van der Waals surface area contributed by atoms with E-state index < -0.39 is 23.3 Å². The molecule has 11 heteroatoms. The summed E-state index contributed by atoms with van der Waals surface area (Å²) in [4.78, 5) is 14.3. The van der Waals surface area contributed by atoms with Crippen LogP contribution in [0.1, 0.15) is 58.8 Å². The largest absolute Gasteiger partial charge is 0.444 e. The quantitative estimate of drug-likeness (QED) is 0.374. The molecule has 0 spiro atoms. The van der Waals surface area contributed by atoms with E-state index in [9.17, 15) is 9.18 Å². The number of hydrogen-bond acceptors (Lipinski definition) is 6. The van der Waals surface area contributed by atoms with Crippen LogP contribution >= 0.6 is 0 Å². The molecule has 1 aliphatic heterocycles. The molecule has 37 heavy (non-hydrogen) atoms. The number of likely N-dealkylation sites (tertiary alicyclic amines) is 1. The molecule has 194 valence electrons. The molecule has 1 atom stereocenters. The van der Waals surface area contributed by atoms with Crippen LogP contribution in [-0.4, -0.2) is 59.3 Å². The third kappa shape index (κ3) is 4.77. The summed E-state index contributed by atoms with van der Waals surface area (Å²) in [5, 5.41) is 17.8. The van der Waals surface area contributed by atoms with E-state index in [-0.39, 0.29) is 17.5 Å². The molecule has 4 heterocycles. The van der Waals surface area contributed by atoms with Crippen molar-refractivity contribution in [3.05, 3.63) is 54.0 Å². The van der Waals surface area contributed by atoms with Crippen LogP contribution in [0.2, 0.25) is 0 Å². The lowest BCUT2D eigenvalue weighted by atomic mass is 10.0. The summed E-state index contributed by atoms with van der Waals surface area (Å²) in [7, 11) is 0. The Morgan fingerprint density at radius 3 is 2.59 bits per heavy atom. The molecule has 5 rings (SSSR count). The normalized spacial score (nSPS) is 16.2. The summed E-state index contributed by atoms with van der Waals surface area (Å²) < 4.78 is 37.8. The van der Waals surface area contributed by atoms with Crippen molar-refractivity contribution < 1.29 is 18.3 Å². The SMILES string of the molecule is CC(C)c1nnc2ccc(-c3cnn(C4CCN(C(=O)OC(C)(C)C)C4)c3-c3ccc(F)cc3F)nn12. The number of rotatable bonds is 4. The lowest BCUT2D eigenvalue weighted by Crippen LogP contribution is -2.35. The molecule has 3 aromatic heterocycles. The van der Waals surface area contributed by atoms with Crippen LogP contribution in [0.25, 0.3) is 28.2 Å². The molecular formula is C26H29F2N7O2. The Balaban J connectivity index is 1.59. The van der Waals surface area contributed by atoms with Gasteiger partial charge >= 0.3 is 6.09 Å². The maximum atomic E-state index is 15.1. The fraction of sp³-hybridized carbons (Fsp3) is 0.423. The lowest BCUT2D eigenvalue weighted by Gasteiger charge is -2.24. The predicted molar refractivity (Wildman–Crippen MR) is 133 cm³/mol. The Labute approximate surface area is 213 Å². The van der Waals surface area contributed by atoms with Gasteiger partial charge < -0.3 is 9.64 Å². The van der Waals surface area contributed by atoms with Gasteiger partial charge in [0.2, 0.25) is 0 Å². The lowest BCUT2D eigenvalue weighted by molar-refractivity contribution is 0.0288. The molecule has 0 radical (unpaired) electrons. The van der Waals surface area contributed by atoms with Gasteiger partial charge in [-0.3, -0.25) is 4.68 Å². The van der Waals surface area contributed by atoms with Crippen LogP contribution < -0.4 is 0 Å². The number of benzene rings is 1. The number of hydrogen-bond donors (Lipinski definition) is 0. The van der Waals surface area contributed by atoms with Gasteiger partial charge in [-0.2, -0.15) is 14.7 Å². The molecule has 1 aromatic carbocycles. The van der Waals surface area contributed by atoms with Crippen molar-refractivity contribution in [2.75, 3.05) is 13.1 Å². The highest BCUT2D eigenvalue weighted by atomic mass is 19.1. The summed E-state index contributed by atoms with van der Waals surface area (Å²) in [6.45, 7) is 10.3. The Morgan fingerprint density at radius 2 is 1.89 bits per heavy atom. The Bertz CT molecular complexity index is 1470. The molecule has 1 fully saturated rings. The molecule has 4 aromatic rings. The first kappa shape index (κ1) is 24.8. The second kappa shape index (κ2) is 9.20. The van der Waals surface area contributed by atoms with Gasteiger partial charge in [-0.15, -0.1) is 10.2 Å². The highest BCUT2D eigenvalue weighted by Crippen LogP contribution is 2.37. The Hall–Kier alpha value is -3.89. The van der Waals surface area contributed by atoms with Crippen LogP contribution in [0.5, 0.6) is 0 Å². The molecule has 0 bridgehead atoms. The van der Waals surface area contributed by atoms with Gasteiger partial charge in [-0.05, 0) is 51.5 Å². The highest BCUT2D eigenvalue weighted by molar-refractivity contribution is 5.79. The van der Waals surface area contributed by atoms with E-state index in [0.29, 0.717) is 47.9 Å². The molecule has 1 amide bonds. The molecular weight excluding hydrogens is 480 g/mol. The minimum Gasteiger partial charge on any atom is -0.444 e. The molecule has 0 N–H and O–H groups in total. The van der Waals surface area contributed by atoms with E-state index in [0.717, 1.165) is 6.07 Å². The zero-order valence-electron chi connectivity index (χ0n) is 21.4. The minimum absolute atomic E-state index is 0.0896. The standard InChI is InChI=1S/C26H29F2N7O2/c1-15(2)24-31-30-22-9-8-21(32-35(22)24)19-13-29-34(23(19)18-7-6-16(27)12-20(18)28)17-10-11-33(14-17)25(36)37-26(3,4)5/h6-9,12-13,15,17H,10-11,14H2,1-5H3. The fourth-order valence-corrected chi connectivity index (χ4v) is 4.52. The van der Waals surface area contributed by atoms with Gasteiger partial charge in [0.05, 0.1) is 23.6 Å². The second-order valence-corrected chi connectivity index (χ2v) is 10.5. The average molecular weight is 510 g/mol. The zero-order chi connectivity index (χ0) is 26.5. The van der Waals surface area contributed by atoms with Gasteiger partial charge in [-0.1, -0.05) is 13.8 Å². The monoisotopic (exact) mass is 509 g/mol. The maximum Gasteiger partial charge on any atom is 0.410 e. The van der Waals surface area contributed by atoms with Gasteiger partial charge in [0, 0.05) is 36.2 Å². The van der Waals surface area contributed by atoms with Crippen LogP contribution in [0.4, 0.5) is 13.6 Å². The van der Waals surface area contributed by atoms with E-state index >= 15 is 4.39 Å². The van der Waals surface area contributed by atoms with Gasteiger partial charge in [0.25, 0.3) is 0 Å². The number of amides is 1. The smallest absolute Gasteiger partial charge is 0.410 e. The van der Waals surface area contributed by atoms with Crippen molar-refractivity contribution in [1.29, 1.82) is 0 Å². The number of fused-ring (bicyclic) bond motifs is 1. The van der Waals surface area contributed by atoms with Gasteiger partial charge in [0.15, 0.2) is 11.5 Å². The van der Waals surface area contributed by atoms with E-state index in [4.69, 9.17) is 9.84 Å². The average Bonchev–Trinajstić information content (AvgIpc) is 3.55. The number of ether oxygens (including phenoxy) is 1. The molecule has 0 aliphatic carbocycles. The second-order valence-electron chi connectivity index (χ2n) is 10.5. The molecule has 1 aliphatic rings. The molecule has 9 nitrogen and oxygen atoms in total. The number of halogens is 2. The van der Waals surface area contributed by atoms with Crippen molar-refractivity contribution in [2.24, 2.45) is 0 Å². The van der Waals surface area contributed by atoms with Crippen molar-refractivity contribution in [3.8, 4) is 22.5 Å². The first-order valence-electron chi connectivity index (χ1n) is 12.3. The summed E-state index contributed by atoms with van der Waals surface area (Å²) in [5.74, 6) is -0.593. The molecule has 0 saturated carbocycles.